The summed E-state index contributed by atoms with van der Waals surface area (Å²) >= 11 is 0. The van der Waals surface area contributed by atoms with E-state index in [0.29, 0.717) is 11.3 Å². The van der Waals surface area contributed by atoms with Crippen molar-refractivity contribution in [1.29, 1.82) is 0 Å². The Morgan fingerprint density at radius 1 is 1.33 bits per heavy atom. The fourth-order valence-electron chi connectivity index (χ4n) is 2.08. The molecule has 0 saturated carbocycles. The first-order valence-electron chi connectivity index (χ1n) is 7.14. The van der Waals surface area contributed by atoms with Crippen molar-refractivity contribution in [3.05, 3.63) is 57.6 Å². The van der Waals surface area contributed by atoms with Gasteiger partial charge < -0.3 is 20.9 Å². The highest BCUT2D eigenvalue weighted by Crippen LogP contribution is 2.26. The predicted molar refractivity (Wildman–Crippen MR) is 88.4 cm³/mol. The molecule has 0 atom stereocenters. The lowest BCUT2D eigenvalue weighted by Crippen LogP contribution is -2.16. The molecule has 4 N–H and O–H groups in total. The van der Waals surface area contributed by atoms with Crippen molar-refractivity contribution in [1.82, 2.24) is 0 Å². The van der Waals surface area contributed by atoms with E-state index in [1.165, 1.54) is 36.4 Å². The van der Waals surface area contributed by atoms with Crippen molar-refractivity contribution in [2.24, 2.45) is 5.73 Å². The minimum Gasteiger partial charge on any atom is -0.508 e. The fourth-order valence-corrected chi connectivity index (χ4v) is 2.08. The number of non-ortho nitro benzene ring substituents is 1. The monoisotopic (exact) mass is 331 g/mol. The van der Waals surface area contributed by atoms with E-state index in [-0.39, 0.29) is 35.9 Å². The highest BCUT2D eigenvalue weighted by Gasteiger charge is 2.16. The summed E-state index contributed by atoms with van der Waals surface area (Å²) < 4.78 is 5.39. The average Bonchev–Trinajstić information content (AvgIpc) is 2.55. The summed E-state index contributed by atoms with van der Waals surface area (Å²) in [5, 5.41) is 23.0. The van der Waals surface area contributed by atoms with Gasteiger partial charge in [0, 0.05) is 24.4 Å². The summed E-state index contributed by atoms with van der Waals surface area (Å²) in [5.41, 5.74) is 6.44. The van der Waals surface area contributed by atoms with Crippen LogP contribution in [-0.2, 0) is 0 Å². The van der Waals surface area contributed by atoms with Gasteiger partial charge in [-0.25, -0.2) is 0 Å². The molecule has 0 bridgehead atoms. The van der Waals surface area contributed by atoms with Crippen molar-refractivity contribution in [3.63, 3.8) is 0 Å². The van der Waals surface area contributed by atoms with Gasteiger partial charge >= 0.3 is 0 Å². The van der Waals surface area contributed by atoms with Gasteiger partial charge in [-0.05, 0) is 36.8 Å². The number of carbonyl (C=O) groups excluding carboxylic acids is 1. The second-order valence-corrected chi connectivity index (χ2v) is 5.03. The zero-order chi connectivity index (χ0) is 17.7. The minimum atomic E-state index is -0.507. The second kappa shape index (κ2) is 7.42. The first-order chi connectivity index (χ1) is 11.4. The number of aromatic hydroxyl groups is 1. The summed E-state index contributed by atoms with van der Waals surface area (Å²) in [6.07, 6.45) is 0. The molecule has 0 aliphatic rings. The predicted octanol–water partition coefficient (Wildman–Crippen LogP) is 2.20. The number of phenols is 1. The molecule has 1 amide bonds. The smallest absolute Gasteiger partial charge is 0.269 e. The van der Waals surface area contributed by atoms with Crippen molar-refractivity contribution >= 4 is 17.3 Å². The fraction of sp³-hybridized carbons (Fsp3) is 0.188. The van der Waals surface area contributed by atoms with Crippen LogP contribution < -0.4 is 15.8 Å². The summed E-state index contributed by atoms with van der Waals surface area (Å²) in [6, 6.07) is 8.28. The number of ether oxygens (including phenoxy) is 1. The Kier molecular flexibility index (Phi) is 5.33. The molecule has 2 aromatic carbocycles. The van der Waals surface area contributed by atoms with Gasteiger partial charge in [-0.2, -0.15) is 0 Å². The normalized spacial score (nSPS) is 10.2. The van der Waals surface area contributed by atoms with Crippen LogP contribution in [0.4, 0.5) is 11.4 Å². The Balaban J connectivity index is 2.26. The molecule has 0 fully saturated rings. The number of phenolic OH excluding ortho intramolecular Hbond substituents is 1. The maximum absolute atomic E-state index is 12.5. The number of hydrogen-bond acceptors (Lipinski definition) is 6. The van der Waals surface area contributed by atoms with Gasteiger partial charge in [-0.1, -0.05) is 0 Å². The maximum atomic E-state index is 12.5. The number of aryl methyl sites for hydroxylation is 1. The van der Waals surface area contributed by atoms with Crippen molar-refractivity contribution < 1.29 is 19.6 Å². The number of amides is 1. The van der Waals surface area contributed by atoms with Crippen LogP contribution in [0, 0.1) is 17.0 Å². The number of rotatable bonds is 6. The van der Waals surface area contributed by atoms with E-state index in [9.17, 15) is 20.0 Å². The standard InChI is InChI=1S/C16H17N3O5/c1-10-8-11(19(22)23)2-4-14(10)18-16(21)13-9-12(20)3-5-15(13)24-7-6-17/h2-5,8-9,20H,6-7,17H2,1H3,(H,18,21). The van der Waals surface area contributed by atoms with Crippen LogP contribution in [0.1, 0.15) is 15.9 Å². The zero-order valence-corrected chi connectivity index (χ0v) is 13.0. The molecule has 8 heteroatoms. The topological polar surface area (TPSA) is 128 Å². The summed E-state index contributed by atoms with van der Waals surface area (Å²) in [7, 11) is 0. The SMILES string of the molecule is Cc1cc([N+](=O)[O-])ccc1NC(=O)c1cc(O)ccc1OCCN. The molecule has 0 aliphatic heterocycles. The van der Waals surface area contributed by atoms with Gasteiger partial charge in [0.25, 0.3) is 11.6 Å². The number of nitrogens with two attached hydrogens (primary N) is 1. The van der Waals surface area contributed by atoms with Crippen LogP contribution >= 0.6 is 0 Å². The molecule has 0 aromatic heterocycles. The van der Waals surface area contributed by atoms with E-state index in [1.54, 1.807) is 6.92 Å². The number of benzene rings is 2. The third-order valence-electron chi connectivity index (χ3n) is 3.25. The molecule has 8 nitrogen and oxygen atoms in total. The first-order valence-corrected chi connectivity index (χ1v) is 7.14. The number of hydrogen-bond donors (Lipinski definition) is 3. The van der Waals surface area contributed by atoms with Crippen LogP contribution in [0.5, 0.6) is 11.5 Å². The Morgan fingerprint density at radius 2 is 2.08 bits per heavy atom. The van der Waals surface area contributed by atoms with Gasteiger partial charge in [0.05, 0.1) is 10.5 Å². The lowest BCUT2D eigenvalue weighted by molar-refractivity contribution is -0.384. The summed E-state index contributed by atoms with van der Waals surface area (Å²) in [6.45, 7) is 2.15. The highest BCUT2D eigenvalue weighted by molar-refractivity contribution is 6.06. The Bertz CT molecular complexity index is 776. The summed E-state index contributed by atoms with van der Waals surface area (Å²) in [5.74, 6) is -0.300. The number of nitro benzene ring substituents is 1. The number of nitro groups is 1. The van der Waals surface area contributed by atoms with Crippen LogP contribution in [0.3, 0.4) is 0 Å². The van der Waals surface area contributed by atoms with Crippen LogP contribution in [0.25, 0.3) is 0 Å². The van der Waals surface area contributed by atoms with E-state index in [0.717, 1.165) is 0 Å². The molecule has 126 valence electrons. The number of nitrogens with zero attached hydrogens (tertiary/aromatic N) is 1. The molecule has 0 aliphatic carbocycles. The molecular formula is C16H17N3O5. The van der Waals surface area contributed by atoms with Crippen molar-refractivity contribution in [2.45, 2.75) is 6.92 Å². The molecule has 0 saturated heterocycles. The molecule has 0 spiro atoms. The third kappa shape index (κ3) is 3.99. The Labute approximate surface area is 138 Å². The van der Waals surface area contributed by atoms with Gasteiger partial charge in [0.15, 0.2) is 0 Å². The number of anilines is 1. The van der Waals surface area contributed by atoms with E-state index in [1.807, 2.05) is 0 Å². The van der Waals surface area contributed by atoms with Crippen LogP contribution in [0.15, 0.2) is 36.4 Å². The van der Waals surface area contributed by atoms with Crippen molar-refractivity contribution in [2.75, 3.05) is 18.5 Å². The van der Waals surface area contributed by atoms with Crippen LogP contribution in [0.2, 0.25) is 0 Å². The van der Waals surface area contributed by atoms with E-state index in [2.05, 4.69) is 5.32 Å². The quantitative estimate of drug-likeness (QED) is 0.550. The minimum absolute atomic E-state index is 0.0603. The Hall–Kier alpha value is -3.13. The van der Waals surface area contributed by atoms with E-state index in [4.69, 9.17) is 10.5 Å². The molecular weight excluding hydrogens is 314 g/mol. The molecule has 0 heterocycles. The maximum Gasteiger partial charge on any atom is 0.269 e. The zero-order valence-electron chi connectivity index (χ0n) is 13.0. The molecule has 0 radical (unpaired) electrons. The molecule has 2 aromatic rings. The number of carbonyl (C=O) groups is 1. The first kappa shape index (κ1) is 17.2. The largest absolute Gasteiger partial charge is 0.508 e. The van der Waals surface area contributed by atoms with Gasteiger partial charge in [-0.3, -0.25) is 14.9 Å². The van der Waals surface area contributed by atoms with E-state index >= 15 is 0 Å². The van der Waals surface area contributed by atoms with Gasteiger partial charge in [0.1, 0.15) is 18.1 Å². The lowest BCUT2D eigenvalue weighted by Gasteiger charge is -2.13. The van der Waals surface area contributed by atoms with Gasteiger partial charge in [-0.15, -0.1) is 0 Å². The van der Waals surface area contributed by atoms with Crippen molar-refractivity contribution in [3.8, 4) is 11.5 Å². The molecule has 24 heavy (non-hydrogen) atoms. The number of nitrogens with one attached hydrogen (secondary N) is 1. The average molecular weight is 331 g/mol. The Morgan fingerprint density at radius 3 is 2.71 bits per heavy atom. The van der Waals surface area contributed by atoms with Crippen LogP contribution in [-0.4, -0.2) is 29.1 Å². The third-order valence-corrected chi connectivity index (χ3v) is 3.25. The van der Waals surface area contributed by atoms with E-state index < -0.39 is 10.8 Å². The molecule has 0 unspecified atom stereocenters. The lowest BCUT2D eigenvalue weighted by atomic mass is 10.1. The van der Waals surface area contributed by atoms with Gasteiger partial charge in [0.2, 0.25) is 0 Å². The second-order valence-electron chi connectivity index (χ2n) is 5.03. The highest BCUT2D eigenvalue weighted by atomic mass is 16.6. The summed E-state index contributed by atoms with van der Waals surface area (Å²) in [4.78, 5) is 22.7. The molecule has 2 rings (SSSR count).